The molecule has 0 saturated heterocycles. The van der Waals surface area contributed by atoms with Gasteiger partial charge in [-0.1, -0.05) is 82.6 Å². The van der Waals surface area contributed by atoms with Crippen LogP contribution in [-0.2, 0) is 6.54 Å². The number of aromatic nitrogens is 1. The lowest BCUT2D eigenvalue weighted by molar-refractivity contribution is -0.645. The van der Waals surface area contributed by atoms with E-state index in [1.165, 1.54) is 86.0 Å². The van der Waals surface area contributed by atoms with E-state index in [1.54, 1.807) is 0 Å². The van der Waals surface area contributed by atoms with Crippen LogP contribution in [0.15, 0.2) is 54.6 Å². The van der Waals surface area contributed by atoms with E-state index in [0.717, 1.165) is 6.54 Å². The third-order valence-corrected chi connectivity index (χ3v) is 5.50. The average Bonchev–Trinajstić information content (AvgIpc) is 2.68. The van der Waals surface area contributed by atoms with Gasteiger partial charge in [-0.05, 0) is 24.6 Å². The predicted molar refractivity (Wildman–Crippen MR) is 113 cm³/mol. The molecule has 146 valence electrons. The zero-order valence-corrected chi connectivity index (χ0v) is 19.0. The molecule has 0 saturated carbocycles. The molecular formula is C25H34IN. The SMILES string of the molecule is CCCCCCCCCCCC[n+]1c2ccccc2cc2ccccc21.[I-]. The molecule has 27 heavy (non-hydrogen) atoms. The van der Waals surface area contributed by atoms with Crippen molar-refractivity contribution < 1.29 is 28.5 Å². The van der Waals surface area contributed by atoms with E-state index in [9.17, 15) is 0 Å². The Morgan fingerprint density at radius 3 is 1.56 bits per heavy atom. The van der Waals surface area contributed by atoms with Gasteiger partial charge in [0.25, 0.3) is 0 Å². The number of unbranched alkanes of at least 4 members (excludes halogenated alkanes) is 9. The van der Waals surface area contributed by atoms with Gasteiger partial charge >= 0.3 is 0 Å². The fourth-order valence-electron chi connectivity index (χ4n) is 4.01. The smallest absolute Gasteiger partial charge is 0.212 e. The highest BCUT2D eigenvalue weighted by Crippen LogP contribution is 2.18. The first-order valence-corrected chi connectivity index (χ1v) is 10.7. The summed E-state index contributed by atoms with van der Waals surface area (Å²) >= 11 is 0. The van der Waals surface area contributed by atoms with Crippen molar-refractivity contribution in [3.63, 3.8) is 0 Å². The molecule has 0 radical (unpaired) electrons. The van der Waals surface area contributed by atoms with Gasteiger partial charge in [-0.3, -0.25) is 0 Å². The first-order valence-electron chi connectivity index (χ1n) is 10.7. The number of para-hydroxylation sites is 2. The lowest BCUT2D eigenvalue weighted by Gasteiger charge is -2.06. The van der Waals surface area contributed by atoms with Crippen LogP contribution in [0.1, 0.15) is 71.1 Å². The third-order valence-electron chi connectivity index (χ3n) is 5.50. The van der Waals surface area contributed by atoms with Gasteiger partial charge in [0.05, 0.1) is 0 Å². The van der Waals surface area contributed by atoms with Crippen LogP contribution in [0, 0.1) is 0 Å². The molecule has 0 fully saturated rings. The number of rotatable bonds is 11. The quantitative estimate of drug-likeness (QED) is 0.169. The second kappa shape index (κ2) is 12.3. The van der Waals surface area contributed by atoms with E-state index in [-0.39, 0.29) is 24.0 Å². The minimum absolute atomic E-state index is 0. The molecule has 3 rings (SSSR count). The highest BCUT2D eigenvalue weighted by molar-refractivity contribution is 5.88. The molecule has 0 unspecified atom stereocenters. The number of pyridine rings is 1. The zero-order valence-electron chi connectivity index (χ0n) is 16.8. The van der Waals surface area contributed by atoms with Crippen molar-refractivity contribution in [1.29, 1.82) is 0 Å². The molecule has 0 bridgehead atoms. The summed E-state index contributed by atoms with van der Waals surface area (Å²) in [7, 11) is 0. The number of nitrogens with zero attached hydrogens (tertiary/aromatic N) is 1. The Morgan fingerprint density at radius 1 is 0.593 bits per heavy atom. The second-order valence-corrected chi connectivity index (χ2v) is 7.60. The van der Waals surface area contributed by atoms with Gasteiger partial charge in [-0.2, -0.15) is 4.57 Å². The lowest BCUT2D eigenvalue weighted by Crippen LogP contribution is -3.00. The van der Waals surface area contributed by atoms with Crippen LogP contribution in [-0.4, -0.2) is 0 Å². The van der Waals surface area contributed by atoms with Crippen LogP contribution >= 0.6 is 0 Å². The largest absolute Gasteiger partial charge is 1.00 e. The zero-order chi connectivity index (χ0) is 18.0. The molecule has 0 N–H and O–H groups in total. The maximum absolute atomic E-state index is 2.52. The molecule has 2 heteroatoms. The minimum atomic E-state index is 0. The maximum atomic E-state index is 2.52. The van der Waals surface area contributed by atoms with E-state index in [1.807, 2.05) is 0 Å². The van der Waals surface area contributed by atoms with Gasteiger partial charge < -0.3 is 24.0 Å². The number of hydrogen-bond acceptors (Lipinski definition) is 0. The van der Waals surface area contributed by atoms with Crippen LogP contribution in [0.5, 0.6) is 0 Å². The summed E-state index contributed by atoms with van der Waals surface area (Å²) in [5, 5.41) is 2.69. The summed E-state index contributed by atoms with van der Waals surface area (Å²) in [6.07, 6.45) is 13.9. The van der Waals surface area contributed by atoms with Crippen LogP contribution in [0.3, 0.4) is 0 Å². The standard InChI is InChI=1S/C25H34N.HI/c1-2-3-4-5-6-7-8-9-10-15-20-26-24-18-13-11-16-22(24)21-23-17-12-14-19-25(23)26;/h11-14,16-19,21H,2-10,15,20H2,1H3;1H/q+1;/p-1. The Labute approximate surface area is 182 Å². The van der Waals surface area contributed by atoms with Gasteiger partial charge in [-0.25, -0.2) is 0 Å². The van der Waals surface area contributed by atoms with Crippen molar-refractivity contribution in [1.82, 2.24) is 0 Å². The van der Waals surface area contributed by atoms with Gasteiger partial charge in [0, 0.05) is 29.3 Å². The first-order chi connectivity index (χ1) is 12.9. The number of halogens is 1. The summed E-state index contributed by atoms with van der Waals surface area (Å²) in [4.78, 5) is 0. The number of hydrogen-bond donors (Lipinski definition) is 0. The molecule has 0 atom stereocenters. The van der Waals surface area contributed by atoms with Crippen molar-refractivity contribution in [2.75, 3.05) is 0 Å². The van der Waals surface area contributed by atoms with Gasteiger partial charge in [0.15, 0.2) is 0 Å². The Hall–Kier alpha value is -1.16. The first kappa shape index (κ1) is 22.1. The fourth-order valence-corrected chi connectivity index (χ4v) is 4.01. The molecule has 3 aromatic rings. The van der Waals surface area contributed by atoms with E-state index in [2.05, 4.69) is 66.1 Å². The predicted octanol–water partition coefficient (Wildman–Crippen LogP) is 4.21. The molecule has 0 aliphatic carbocycles. The van der Waals surface area contributed by atoms with Crippen molar-refractivity contribution in [2.24, 2.45) is 0 Å². The van der Waals surface area contributed by atoms with Crippen LogP contribution < -0.4 is 28.5 Å². The molecule has 0 spiro atoms. The van der Waals surface area contributed by atoms with Crippen LogP contribution in [0.25, 0.3) is 21.8 Å². The summed E-state index contributed by atoms with van der Waals surface area (Å²) in [6, 6.07) is 19.9. The van der Waals surface area contributed by atoms with Crippen LogP contribution in [0.4, 0.5) is 0 Å². The number of fused-ring (bicyclic) bond motifs is 2. The van der Waals surface area contributed by atoms with Crippen molar-refractivity contribution in [2.45, 2.75) is 77.7 Å². The lowest BCUT2D eigenvalue weighted by atomic mass is 10.1. The van der Waals surface area contributed by atoms with Gasteiger partial charge in [0.1, 0.15) is 6.54 Å². The van der Waals surface area contributed by atoms with E-state index < -0.39 is 0 Å². The Kier molecular flexibility index (Phi) is 10.1. The van der Waals surface area contributed by atoms with E-state index in [4.69, 9.17) is 0 Å². The van der Waals surface area contributed by atoms with E-state index >= 15 is 0 Å². The summed E-state index contributed by atoms with van der Waals surface area (Å²) in [6.45, 7) is 3.41. The molecule has 0 aliphatic rings. The summed E-state index contributed by atoms with van der Waals surface area (Å²) in [5.41, 5.74) is 2.73. The average molecular weight is 475 g/mol. The van der Waals surface area contributed by atoms with E-state index in [0.29, 0.717) is 0 Å². The number of aryl methyl sites for hydroxylation is 1. The summed E-state index contributed by atoms with van der Waals surface area (Å²) < 4.78 is 2.52. The van der Waals surface area contributed by atoms with Gasteiger partial charge in [0.2, 0.25) is 11.0 Å². The molecule has 1 nitrogen and oxygen atoms in total. The monoisotopic (exact) mass is 475 g/mol. The number of benzene rings is 2. The molecule has 2 aromatic carbocycles. The highest BCUT2D eigenvalue weighted by atomic mass is 127. The van der Waals surface area contributed by atoms with Crippen molar-refractivity contribution >= 4 is 21.8 Å². The minimum Gasteiger partial charge on any atom is -1.00 e. The topological polar surface area (TPSA) is 3.88 Å². The van der Waals surface area contributed by atoms with Crippen molar-refractivity contribution in [3.05, 3.63) is 54.6 Å². The molecule has 1 heterocycles. The fraction of sp³-hybridized carbons (Fsp3) is 0.480. The summed E-state index contributed by atoms with van der Waals surface area (Å²) in [5.74, 6) is 0. The molecule has 0 aliphatic heterocycles. The molecular weight excluding hydrogens is 441 g/mol. The molecule has 1 aromatic heterocycles. The van der Waals surface area contributed by atoms with Crippen molar-refractivity contribution in [3.8, 4) is 0 Å². The van der Waals surface area contributed by atoms with Gasteiger partial charge in [-0.15, -0.1) is 0 Å². The molecule has 0 amide bonds. The second-order valence-electron chi connectivity index (χ2n) is 7.60. The normalized spacial score (nSPS) is 11.0. The maximum Gasteiger partial charge on any atom is 0.212 e. The Balaban J connectivity index is 0.00000261. The Morgan fingerprint density at radius 2 is 1.04 bits per heavy atom. The Bertz CT molecular complexity index is 758. The highest BCUT2D eigenvalue weighted by Gasteiger charge is 2.13. The van der Waals surface area contributed by atoms with Crippen LogP contribution in [0.2, 0.25) is 0 Å². The third kappa shape index (κ3) is 6.44.